The molecule has 8 aliphatic rings. The van der Waals surface area contributed by atoms with E-state index >= 15 is 0 Å². The van der Waals surface area contributed by atoms with Crippen molar-refractivity contribution >= 4 is 161 Å². The predicted molar refractivity (Wildman–Crippen MR) is 529 cm³/mol. The lowest BCUT2D eigenvalue weighted by Crippen LogP contribution is -2.54. The van der Waals surface area contributed by atoms with Crippen LogP contribution in [0.2, 0.25) is 40.2 Å². The molecule has 0 amide bonds. The number of fused-ring (bicyclic) bond motifs is 4. The Morgan fingerprint density at radius 2 is 0.619 bits per heavy atom. The first-order valence-corrected chi connectivity index (χ1v) is 49.7. The van der Waals surface area contributed by atoms with Crippen LogP contribution in [0, 0.1) is 83.9 Å². The van der Waals surface area contributed by atoms with Crippen LogP contribution < -0.4 is 19.6 Å². The second kappa shape index (κ2) is 43.1. The highest BCUT2D eigenvalue weighted by Crippen LogP contribution is 2.43. The summed E-state index contributed by atoms with van der Waals surface area (Å²) in [6, 6.07) is 25.5. The first-order valence-electron chi connectivity index (χ1n) is 46.7. The summed E-state index contributed by atoms with van der Waals surface area (Å²) in [6.07, 6.45) is 17.1. The lowest BCUT2D eigenvalue weighted by atomic mass is 9.80. The molecule has 8 aliphatic heterocycles. The van der Waals surface area contributed by atoms with E-state index in [-0.39, 0.29) is 62.0 Å². The maximum Gasteiger partial charge on any atom is 0.227 e. The molecule has 8 atom stereocenters. The lowest BCUT2D eigenvalue weighted by Gasteiger charge is -2.47. The molecule has 12 aromatic rings. The molecule has 0 bridgehead atoms. The molecule has 0 unspecified atom stereocenters. The van der Waals surface area contributed by atoms with Gasteiger partial charge in [0.2, 0.25) is 11.9 Å². The molecular weight excluding hydrogens is 1860 g/mol. The van der Waals surface area contributed by atoms with Gasteiger partial charge in [-0.1, -0.05) is 117 Å². The summed E-state index contributed by atoms with van der Waals surface area (Å²) in [6.45, 7) is 32.4. The molecule has 708 valence electrons. The van der Waals surface area contributed by atoms with Crippen LogP contribution in [0.5, 0.6) is 0 Å². The third kappa shape index (κ3) is 21.1. The zero-order valence-electron chi connectivity index (χ0n) is 76.2. The highest BCUT2D eigenvalue weighted by Gasteiger charge is 2.42. The summed E-state index contributed by atoms with van der Waals surface area (Å²) in [5, 5.41) is 81.4. The van der Waals surface area contributed by atoms with Gasteiger partial charge < -0.3 is 59.6 Å². The summed E-state index contributed by atoms with van der Waals surface area (Å²) >= 11 is 50.2. The van der Waals surface area contributed by atoms with E-state index in [1.807, 2.05) is 85.9 Å². The summed E-state index contributed by atoms with van der Waals surface area (Å²) < 4.78 is 7.33. The largest absolute Gasteiger partial charge is 0.395 e. The third-order valence-electron chi connectivity index (χ3n) is 28.7. The minimum absolute atomic E-state index is 0.0856. The van der Waals surface area contributed by atoms with Crippen molar-refractivity contribution in [1.29, 1.82) is 10.5 Å². The molecular formula is C96H114Cl8N26O4. The number of halogens is 8. The highest BCUT2D eigenvalue weighted by atomic mass is 35.5. The van der Waals surface area contributed by atoms with Gasteiger partial charge in [0, 0.05) is 157 Å². The van der Waals surface area contributed by atoms with Crippen molar-refractivity contribution in [2.24, 2.45) is 47.3 Å². The number of benzene rings is 4. The topological polar surface area (TPSA) is 329 Å². The molecule has 0 saturated carbocycles. The molecule has 0 spiro atoms. The maximum absolute atomic E-state index is 9.60. The van der Waals surface area contributed by atoms with Crippen molar-refractivity contribution in [3.63, 3.8) is 0 Å². The smallest absolute Gasteiger partial charge is 0.227 e. The minimum atomic E-state index is -0.247. The van der Waals surface area contributed by atoms with Crippen molar-refractivity contribution in [3.05, 3.63) is 183 Å². The second-order valence-electron chi connectivity index (χ2n) is 37.2. The van der Waals surface area contributed by atoms with Gasteiger partial charge >= 0.3 is 0 Å². The van der Waals surface area contributed by atoms with E-state index in [0.29, 0.717) is 110 Å². The van der Waals surface area contributed by atoms with Crippen molar-refractivity contribution in [1.82, 2.24) is 98.6 Å². The Morgan fingerprint density at radius 1 is 0.343 bits per heavy atom. The molecule has 4 N–H and O–H groups in total. The van der Waals surface area contributed by atoms with Crippen LogP contribution in [0.15, 0.2) is 97.6 Å². The Labute approximate surface area is 820 Å². The summed E-state index contributed by atoms with van der Waals surface area (Å²) in [4.78, 5) is 56.6. The monoisotopic (exact) mass is 1970 g/mol. The molecule has 16 heterocycles. The molecule has 4 aromatic carbocycles. The van der Waals surface area contributed by atoms with Gasteiger partial charge in [0.15, 0.2) is 34.0 Å². The highest BCUT2D eigenvalue weighted by molar-refractivity contribution is 6.37. The van der Waals surface area contributed by atoms with Crippen LogP contribution in [0.1, 0.15) is 148 Å². The fourth-order valence-corrected chi connectivity index (χ4v) is 23.1. The van der Waals surface area contributed by atoms with Crippen LogP contribution >= 0.6 is 92.8 Å². The molecule has 134 heavy (non-hydrogen) atoms. The summed E-state index contributed by atoms with van der Waals surface area (Å²) in [5.74, 6) is 8.33. The number of β-amino-alcohol motifs (C(OH)–C–C–N with tert-alkyl or cyclic N) is 4. The van der Waals surface area contributed by atoms with Crippen LogP contribution in [-0.2, 0) is 0 Å². The number of rotatable bonds is 24. The first-order chi connectivity index (χ1) is 64.8. The van der Waals surface area contributed by atoms with E-state index in [1.54, 1.807) is 58.2 Å². The second-order valence-corrected chi connectivity index (χ2v) is 40.6. The van der Waals surface area contributed by atoms with E-state index in [4.69, 9.17) is 123 Å². The Morgan fingerprint density at radius 3 is 0.888 bits per heavy atom. The van der Waals surface area contributed by atoms with Crippen molar-refractivity contribution < 1.29 is 20.4 Å². The van der Waals surface area contributed by atoms with E-state index in [0.717, 1.165) is 210 Å². The van der Waals surface area contributed by atoms with E-state index in [2.05, 4.69) is 95.3 Å². The van der Waals surface area contributed by atoms with Gasteiger partial charge in [-0.15, -0.1) is 0 Å². The first kappa shape index (κ1) is 96.9. The third-order valence-corrected chi connectivity index (χ3v) is 31.0. The van der Waals surface area contributed by atoms with Gasteiger partial charge in [0.05, 0.1) is 85.1 Å². The van der Waals surface area contributed by atoms with Crippen molar-refractivity contribution in [2.75, 3.05) is 177 Å². The normalized spacial score (nSPS) is 20.6. The molecule has 8 aromatic heterocycles. The lowest BCUT2D eigenvalue weighted by molar-refractivity contribution is 0.101. The molecule has 8 saturated heterocycles. The standard InChI is InChI=1S/2C24H27Cl2N7O.2C24H30Cl2N6O/c2*1-15(19-5-4-18(25)9-20(19)26)33-24-23(21(10-27)30-33)28-11-22(29-24)32-13-17(14-32)16-3-2-6-31(12-16)7-8-34;2*1-15-21-11-27-24(31-13-18(14-31)17-4-3-7-30(12-17)8-9-33)28-23(21)32(29-15)16(2)20-6-5-19(25)10-22(20)26/h2*4-5,9,11,15-17,34H,2-3,6-8,12-14H2,1H3;2*5-6,10-11,16-18,33H,3-4,7-9,12-14H2,1-2H3/t15-,16+;15-,16-;16-,17+;16-,17-/m1111/s1. The number of anilines is 4. The number of likely N-dealkylation sites (tertiary alicyclic amines) is 4. The van der Waals surface area contributed by atoms with Crippen molar-refractivity contribution in [2.45, 2.75) is 117 Å². The Hall–Kier alpha value is -8.74. The molecule has 0 aliphatic carbocycles. The zero-order valence-corrected chi connectivity index (χ0v) is 82.3. The number of nitriles is 2. The molecule has 30 nitrogen and oxygen atoms in total. The Kier molecular flexibility index (Phi) is 31.2. The number of aromatic nitrogens is 16. The van der Waals surface area contributed by atoms with E-state index in [9.17, 15) is 30.9 Å². The minimum Gasteiger partial charge on any atom is -0.395 e. The fourth-order valence-electron chi connectivity index (χ4n) is 20.9. The van der Waals surface area contributed by atoms with Gasteiger partial charge in [0.25, 0.3) is 0 Å². The summed E-state index contributed by atoms with van der Waals surface area (Å²) in [5.41, 5.74) is 9.70. The quantitative estimate of drug-likeness (QED) is 0.0436. The maximum atomic E-state index is 9.60. The number of aryl methyl sites for hydroxylation is 2. The number of aliphatic hydroxyl groups excluding tert-OH is 4. The van der Waals surface area contributed by atoms with Gasteiger partial charge in [0.1, 0.15) is 34.8 Å². The van der Waals surface area contributed by atoms with Gasteiger partial charge in [-0.25, -0.2) is 48.6 Å². The van der Waals surface area contributed by atoms with Crippen LogP contribution in [0.3, 0.4) is 0 Å². The molecule has 20 rings (SSSR count). The van der Waals surface area contributed by atoms with Gasteiger partial charge in [-0.3, -0.25) is 0 Å². The molecule has 0 radical (unpaired) electrons. The van der Waals surface area contributed by atoms with Crippen LogP contribution in [0.4, 0.5) is 23.5 Å². The molecule has 8 fully saturated rings. The molecule has 38 heteroatoms. The fraction of sp³-hybridized carbons (Fsp3) is 0.521. The van der Waals surface area contributed by atoms with E-state index in [1.165, 1.54) is 51.4 Å². The van der Waals surface area contributed by atoms with Gasteiger partial charge in [-0.2, -0.15) is 40.9 Å². The Bertz CT molecular complexity index is 5860. The van der Waals surface area contributed by atoms with Crippen LogP contribution in [0.25, 0.3) is 44.4 Å². The average Bonchev–Trinajstić information content (AvgIpc) is 1.63. The number of nitrogens with zero attached hydrogens (tertiary/aromatic N) is 26. The number of piperidine rings is 4. The predicted octanol–water partition coefficient (Wildman–Crippen LogP) is 15.9. The van der Waals surface area contributed by atoms with Crippen LogP contribution in [-0.4, -0.2) is 276 Å². The average molecular weight is 1980 g/mol. The van der Waals surface area contributed by atoms with Crippen molar-refractivity contribution in [3.8, 4) is 12.1 Å². The number of aliphatic hydroxyl groups is 4. The van der Waals surface area contributed by atoms with E-state index < -0.39 is 0 Å². The number of hydrogen-bond donors (Lipinski definition) is 4. The zero-order chi connectivity index (χ0) is 93.9. The van der Waals surface area contributed by atoms with Gasteiger partial charge in [-0.05, 0) is 237 Å². The number of hydrogen-bond acceptors (Lipinski definition) is 26. The summed E-state index contributed by atoms with van der Waals surface area (Å²) in [7, 11) is 0. The Balaban J connectivity index is 0.000000124. The SMILES string of the molecule is C[C@H](c1ccc(Cl)cc1Cl)n1nc(C#N)c2ncc(N3CC([C@@H]4CCCN(CCO)C4)C3)nc21.C[C@H](c1ccc(Cl)cc1Cl)n1nc(C#N)c2ncc(N3CC([C@H]4CCCN(CCO)C4)C3)nc21.Cc1nn([C@H](C)c2ccc(Cl)cc2Cl)c2nc(N3CC([C@@H]4CCCN(CCO)C4)C3)ncc12.Cc1nn([C@H](C)c2ccc(Cl)cc2Cl)c2nc(N3CC([C@H]4CCCN(CCO)C4)C3)ncc12.